The van der Waals surface area contributed by atoms with E-state index < -0.39 is 5.72 Å². The van der Waals surface area contributed by atoms with Gasteiger partial charge in [-0.25, -0.2) is 4.90 Å². The summed E-state index contributed by atoms with van der Waals surface area (Å²) in [6.45, 7) is 1.78. The highest BCUT2D eigenvalue weighted by molar-refractivity contribution is 5.79. The van der Waals surface area contributed by atoms with Gasteiger partial charge in [0.1, 0.15) is 0 Å². The summed E-state index contributed by atoms with van der Waals surface area (Å²) in [5.74, 6) is 1.30. The molecule has 4 heteroatoms. The van der Waals surface area contributed by atoms with Gasteiger partial charge < -0.3 is 22.1 Å². The Hall–Kier alpha value is -0.870. The van der Waals surface area contributed by atoms with Crippen molar-refractivity contribution in [2.75, 3.05) is 20.1 Å². The van der Waals surface area contributed by atoms with Crippen LogP contribution in [0.5, 0.6) is 0 Å². The number of halogens is 1. The smallest absolute Gasteiger partial charge is 0.270 e. The molecule has 2 aliphatic rings. The van der Waals surface area contributed by atoms with Gasteiger partial charge in [-0.05, 0) is 19.3 Å². The molecule has 1 unspecified atom stereocenters. The average molecular weight is 325 g/mol. The summed E-state index contributed by atoms with van der Waals surface area (Å²) >= 11 is 0. The van der Waals surface area contributed by atoms with E-state index in [0.29, 0.717) is 6.54 Å². The Labute approximate surface area is 125 Å². The van der Waals surface area contributed by atoms with Crippen LogP contribution in [0.3, 0.4) is 0 Å². The molecule has 1 N–H and O–H groups in total. The Morgan fingerprint density at radius 1 is 1.16 bits per heavy atom. The summed E-state index contributed by atoms with van der Waals surface area (Å²) in [6, 6.07) is 10.0. The van der Waals surface area contributed by atoms with Crippen LogP contribution in [0, 0.1) is 0 Å². The standard InChI is InChI=1S/C15H21N2O.BrH/c1-16-14-10-6-3-7-11-17(14)12-15(16,18)13-8-4-2-5-9-13;/h2,4-5,8-9,18H,3,6-7,10-12H2,1H3;1H/q+1;/p-1. The lowest BCUT2D eigenvalue weighted by Crippen LogP contribution is -3.00. The number of hydrogen-bond acceptors (Lipinski definition) is 2. The number of amidine groups is 1. The van der Waals surface area contributed by atoms with E-state index in [1.165, 1.54) is 25.1 Å². The van der Waals surface area contributed by atoms with Crippen LogP contribution in [0.2, 0.25) is 0 Å². The van der Waals surface area contributed by atoms with E-state index in [9.17, 15) is 5.11 Å². The Morgan fingerprint density at radius 2 is 1.89 bits per heavy atom. The number of likely N-dealkylation sites (N-methyl/N-ethyl adjacent to an activating group) is 1. The molecule has 1 aromatic rings. The van der Waals surface area contributed by atoms with E-state index in [0.717, 1.165) is 18.5 Å². The van der Waals surface area contributed by atoms with E-state index in [2.05, 4.69) is 9.48 Å². The number of nitrogens with zero attached hydrogens (tertiary/aromatic N) is 2. The first-order valence-corrected chi connectivity index (χ1v) is 6.84. The molecule has 19 heavy (non-hydrogen) atoms. The fourth-order valence-corrected chi connectivity index (χ4v) is 3.18. The molecule has 3 nitrogen and oxygen atoms in total. The molecular weight excluding hydrogens is 304 g/mol. The Bertz CT molecular complexity index is 474. The van der Waals surface area contributed by atoms with Crippen LogP contribution in [-0.4, -0.2) is 40.6 Å². The lowest BCUT2D eigenvalue weighted by molar-refractivity contribution is -0.534. The molecular formula is C15H21BrN2O. The highest BCUT2D eigenvalue weighted by atomic mass is 79.9. The minimum absolute atomic E-state index is 0. The van der Waals surface area contributed by atoms with Crippen molar-refractivity contribution >= 4 is 5.84 Å². The number of rotatable bonds is 1. The predicted molar refractivity (Wildman–Crippen MR) is 71.6 cm³/mol. The van der Waals surface area contributed by atoms with E-state index in [4.69, 9.17) is 0 Å². The maximum absolute atomic E-state index is 11.0. The summed E-state index contributed by atoms with van der Waals surface area (Å²) in [5.41, 5.74) is 0.140. The van der Waals surface area contributed by atoms with Gasteiger partial charge in [-0.1, -0.05) is 30.3 Å². The van der Waals surface area contributed by atoms with Crippen molar-refractivity contribution in [3.8, 4) is 0 Å². The van der Waals surface area contributed by atoms with Gasteiger partial charge >= 0.3 is 0 Å². The largest absolute Gasteiger partial charge is 1.00 e. The summed E-state index contributed by atoms with van der Waals surface area (Å²) in [5, 5.41) is 11.0. The molecule has 0 fully saturated rings. The number of aliphatic hydroxyl groups is 1. The molecule has 0 spiro atoms. The Balaban J connectivity index is 0.00000133. The third kappa shape index (κ3) is 2.43. The molecule has 0 saturated heterocycles. The highest BCUT2D eigenvalue weighted by Gasteiger charge is 2.50. The van der Waals surface area contributed by atoms with Crippen LogP contribution in [-0.2, 0) is 5.72 Å². The minimum Gasteiger partial charge on any atom is -1.00 e. The fourth-order valence-electron chi connectivity index (χ4n) is 3.18. The summed E-state index contributed by atoms with van der Waals surface area (Å²) in [4.78, 5) is 2.08. The van der Waals surface area contributed by atoms with Crippen molar-refractivity contribution in [1.29, 1.82) is 0 Å². The number of benzene rings is 1. The van der Waals surface area contributed by atoms with Gasteiger partial charge in [0.25, 0.3) is 5.72 Å². The third-order valence-electron chi connectivity index (χ3n) is 4.28. The van der Waals surface area contributed by atoms with Crippen molar-refractivity contribution in [3.63, 3.8) is 0 Å². The molecule has 2 aliphatic heterocycles. The lowest BCUT2D eigenvalue weighted by atomic mass is 10.0. The first kappa shape index (κ1) is 14.5. The number of hydrogen-bond donors (Lipinski definition) is 1. The Kier molecular flexibility index (Phi) is 4.31. The zero-order valence-corrected chi connectivity index (χ0v) is 12.9. The van der Waals surface area contributed by atoms with Crippen molar-refractivity contribution in [1.82, 2.24) is 4.90 Å². The van der Waals surface area contributed by atoms with Crippen LogP contribution in [0.25, 0.3) is 0 Å². The second kappa shape index (κ2) is 5.63. The predicted octanol–water partition coefficient (Wildman–Crippen LogP) is -1.23. The van der Waals surface area contributed by atoms with Crippen molar-refractivity contribution in [2.45, 2.75) is 31.4 Å². The summed E-state index contributed by atoms with van der Waals surface area (Å²) < 4.78 is 2.36. The molecule has 0 aromatic heterocycles. The van der Waals surface area contributed by atoms with Gasteiger partial charge in [-0.15, -0.1) is 0 Å². The van der Waals surface area contributed by atoms with Crippen LogP contribution in [0.1, 0.15) is 31.2 Å². The normalized spacial score (nSPS) is 26.7. The van der Waals surface area contributed by atoms with Gasteiger partial charge in [-0.3, -0.25) is 4.58 Å². The van der Waals surface area contributed by atoms with Crippen LogP contribution in [0.15, 0.2) is 30.3 Å². The van der Waals surface area contributed by atoms with Crippen LogP contribution in [0.4, 0.5) is 0 Å². The SMILES string of the molecule is CN1C2=[N+](CCCCC2)CC1(O)c1ccccc1.[Br-]. The topological polar surface area (TPSA) is 26.5 Å². The molecule has 0 saturated carbocycles. The van der Waals surface area contributed by atoms with Crippen LogP contribution >= 0.6 is 0 Å². The quantitative estimate of drug-likeness (QED) is 0.655. The van der Waals surface area contributed by atoms with E-state index in [1.54, 1.807) is 0 Å². The van der Waals surface area contributed by atoms with E-state index >= 15 is 0 Å². The highest BCUT2D eigenvalue weighted by Crippen LogP contribution is 2.31. The molecule has 1 aromatic carbocycles. The van der Waals surface area contributed by atoms with Crippen molar-refractivity contribution in [2.24, 2.45) is 0 Å². The van der Waals surface area contributed by atoms with Gasteiger partial charge in [0.05, 0.1) is 13.6 Å². The molecule has 0 aliphatic carbocycles. The average Bonchev–Trinajstić information content (AvgIpc) is 2.58. The maximum Gasteiger partial charge on any atom is 0.270 e. The monoisotopic (exact) mass is 324 g/mol. The third-order valence-corrected chi connectivity index (χ3v) is 4.28. The zero-order valence-electron chi connectivity index (χ0n) is 11.3. The Morgan fingerprint density at radius 3 is 2.63 bits per heavy atom. The maximum atomic E-state index is 11.0. The molecule has 3 rings (SSSR count). The van der Waals surface area contributed by atoms with Crippen molar-refractivity contribution in [3.05, 3.63) is 35.9 Å². The molecule has 0 bridgehead atoms. The van der Waals surface area contributed by atoms with E-state index in [-0.39, 0.29) is 17.0 Å². The molecule has 1 atom stereocenters. The van der Waals surface area contributed by atoms with E-state index in [1.807, 2.05) is 37.4 Å². The van der Waals surface area contributed by atoms with Gasteiger partial charge in [-0.2, -0.15) is 0 Å². The van der Waals surface area contributed by atoms with Crippen LogP contribution < -0.4 is 17.0 Å². The molecule has 104 valence electrons. The minimum atomic E-state index is -0.853. The second-order valence-corrected chi connectivity index (χ2v) is 5.39. The fraction of sp³-hybridized carbons (Fsp3) is 0.533. The molecule has 0 amide bonds. The van der Waals surface area contributed by atoms with Gasteiger partial charge in [0, 0.05) is 12.0 Å². The molecule has 0 radical (unpaired) electrons. The first-order chi connectivity index (χ1) is 8.72. The lowest BCUT2D eigenvalue weighted by Gasteiger charge is -2.26. The van der Waals surface area contributed by atoms with Gasteiger partial charge in [0.15, 0.2) is 6.54 Å². The first-order valence-electron chi connectivity index (χ1n) is 6.84. The summed E-state index contributed by atoms with van der Waals surface area (Å²) in [6.07, 6.45) is 4.87. The van der Waals surface area contributed by atoms with Crippen molar-refractivity contribution < 1.29 is 26.7 Å². The molecule has 2 heterocycles. The second-order valence-electron chi connectivity index (χ2n) is 5.39. The summed E-state index contributed by atoms with van der Waals surface area (Å²) in [7, 11) is 2.02. The zero-order chi connectivity index (χ0) is 12.6. The van der Waals surface area contributed by atoms with Gasteiger partial charge in [0.2, 0.25) is 5.84 Å².